The Morgan fingerprint density at radius 3 is 3.25 bits per heavy atom. The van der Waals surface area contributed by atoms with Gasteiger partial charge in [-0.3, -0.25) is 0 Å². The number of aliphatic imine (C=N–C) groups is 1. The lowest BCUT2D eigenvalue weighted by molar-refractivity contribution is 0.565. The summed E-state index contributed by atoms with van der Waals surface area (Å²) in [6.45, 7) is 0. The molecule has 0 aromatic carbocycles. The summed E-state index contributed by atoms with van der Waals surface area (Å²) >= 11 is 0. The fourth-order valence-corrected chi connectivity index (χ4v) is 1.07. The van der Waals surface area contributed by atoms with Crippen molar-refractivity contribution in [1.29, 1.82) is 0 Å². The lowest BCUT2D eigenvalue weighted by atomic mass is 10.4. The zero-order valence-electron chi connectivity index (χ0n) is 6.14. The SMILES string of the molecule is O=C=Nc1cccn2ccnc12. The number of hydrogen-bond donors (Lipinski definition) is 0. The molecule has 0 N–H and O–H groups in total. The standard InChI is InChI=1S/C8H5N3O/c12-6-10-7-2-1-4-11-5-3-9-8(7)11/h1-5H. The number of carbonyl (C=O) groups excluding carboxylic acids is 1. The molecule has 4 nitrogen and oxygen atoms in total. The fourth-order valence-electron chi connectivity index (χ4n) is 1.07. The molecule has 2 aromatic heterocycles. The molecule has 2 aromatic rings. The number of fused-ring (bicyclic) bond motifs is 1. The number of pyridine rings is 1. The van der Waals surface area contributed by atoms with Crippen molar-refractivity contribution in [2.75, 3.05) is 0 Å². The van der Waals surface area contributed by atoms with Gasteiger partial charge in [0, 0.05) is 18.6 Å². The van der Waals surface area contributed by atoms with Crippen LogP contribution in [0, 0.1) is 0 Å². The topological polar surface area (TPSA) is 46.7 Å². The number of aromatic nitrogens is 2. The number of rotatable bonds is 1. The van der Waals surface area contributed by atoms with Gasteiger partial charge in [0.2, 0.25) is 6.08 Å². The maximum absolute atomic E-state index is 10.0. The van der Waals surface area contributed by atoms with Crippen molar-refractivity contribution in [3.63, 3.8) is 0 Å². The molecule has 0 saturated carbocycles. The Morgan fingerprint density at radius 1 is 1.50 bits per heavy atom. The number of hydrogen-bond acceptors (Lipinski definition) is 3. The third-order valence-electron chi connectivity index (χ3n) is 1.56. The minimum absolute atomic E-state index is 0.539. The van der Waals surface area contributed by atoms with E-state index in [1.54, 1.807) is 28.9 Å². The third-order valence-corrected chi connectivity index (χ3v) is 1.56. The van der Waals surface area contributed by atoms with Crippen LogP contribution in [0.1, 0.15) is 0 Å². The second-order valence-electron chi connectivity index (χ2n) is 2.25. The normalized spacial score (nSPS) is 9.67. The monoisotopic (exact) mass is 159 g/mol. The molecule has 0 fully saturated rings. The highest BCUT2D eigenvalue weighted by Crippen LogP contribution is 2.16. The van der Waals surface area contributed by atoms with Gasteiger partial charge in [-0.2, -0.15) is 4.99 Å². The second kappa shape index (κ2) is 2.60. The molecule has 0 aliphatic heterocycles. The van der Waals surface area contributed by atoms with Crippen LogP contribution >= 0.6 is 0 Å². The van der Waals surface area contributed by atoms with Gasteiger partial charge in [-0.15, -0.1) is 0 Å². The van der Waals surface area contributed by atoms with E-state index < -0.39 is 0 Å². The molecule has 0 spiro atoms. The highest BCUT2D eigenvalue weighted by Gasteiger charge is 1.98. The molecule has 0 radical (unpaired) electrons. The number of nitrogens with zero attached hydrogens (tertiary/aromatic N) is 3. The first-order valence-electron chi connectivity index (χ1n) is 3.41. The summed E-state index contributed by atoms with van der Waals surface area (Å²) in [5.74, 6) is 0. The summed E-state index contributed by atoms with van der Waals surface area (Å²) in [6.07, 6.45) is 6.77. The van der Waals surface area contributed by atoms with Crippen LogP contribution in [-0.4, -0.2) is 15.5 Å². The average molecular weight is 159 g/mol. The van der Waals surface area contributed by atoms with Gasteiger partial charge in [-0.25, -0.2) is 9.78 Å². The summed E-state index contributed by atoms with van der Waals surface area (Å²) in [5.41, 5.74) is 1.21. The van der Waals surface area contributed by atoms with Crippen molar-refractivity contribution in [1.82, 2.24) is 9.38 Å². The van der Waals surface area contributed by atoms with E-state index in [0.29, 0.717) is 11.3 Å². The van der Waals surface area contributed by atoms with Crippen molar-refractivity contribution in [3.8, 4) is 0 Å². The second-order valence-corrected chi connectivity index (χ2v) is 2.25. The van der Waals surface area contributed by atoms with E-state index in [4.69, 9.17) is 0 Å². The number of isocyanates is 1. The van der Waals surface area contributed by atoms with E-state index >= 15 is 0 Å². The van der Waals surface area contributed by atoms with Crippen molar-refractivity contribution < 1.29 is 4.79 Å². The van der Waals surface area contributed by atoms with E-state index in [-0.39, 0.29) is 0 Å². The van der Waals surface area contributed by atoms with Crippen molar-refractivity contribution in [2.45, 2.75) is 0 Å². The highest BCUT2D eigenvalue weighted by molar-refractivity contribution is 5.66. The van der Waals surface area contributed by atoms with Crippen LogP contribution in [0.5, 0.6) is 0 Å². The van der Waals surface area contributed by atoms with Crippen LogP contribution in [0.25, 0.3) is 5.65 Å². The van der Waals surface area contributed by atoms with Gasteiger partial charge in [0.1, 0.15) is 5.69 Å². The summed E-state index contributed by atoms with van der Waals surface area (Å²) in [6, 6.07) is 3.51. The van der Waals surface area contributed by atoms with Crippen molar-refractivity contribution in [2.24, 2.45) is 4.99 Å². The molecule has 0 unspecified atom stereocenters. The van der Waals surface area contributed by atoms with E-state index in [1.807, 2.05) is 6.20 Å². The molecular formula is C8H5N3O. The quantitative estimate of drug-likeness (QED) is 0.465. The van der Waals surface area contributed by atoms with Gasteiger partial charge >= 0.3 is 0 Å². The molecule has 0 aliphatic carbocycles. The van der Waals surface area contributed by atoms with Gasteiger partial charge in [-0.05, 0) is 12.1 Å². The van der Waals surface area contributed by atoms with Gasteiger partial charge in [0.15, 0.2) is 5.65 Å². The third kappa shape index (κ3) is 0.909. The van der Waals surface area contributed by atoms with Crippen LogP contribution < -0.4 is 0 Å². The molecule has 0 saturated heterocycles. The minimum atomic E-state index is 0.539. The zero-order valence-corrected chi connectivity index (χ0v) is 6.14. The van der Waals surface area contributed by atoms with Gasteiger partial charge in [0.25, 0.3) is 0 Å². The molecular weight excluding hydrogens is 154 g/mol. The molecule has 2 heterocycles. The van der Waals surface area contributed by atoms with E-state index in [1.165, 1.54) is 6.08 Å². The fraction of sp³-hybridized carbons (Fsp3) is 0. The molecule has 0 amide bonds. The largest absolute Gasteiger partial charge is 0.305 e. The molecule has 2 rings (SSSR count). The van der Waals surface area contributed by atoms with E-state index in [2.05, 4.69) is 9.98 Å². The maximum atomic E-state index is 10.0. The molecule has 0 bridgehead atoms. The van der Waals surface area contributed by atoms with Crippen LogP contribution in [0.15, 0.2) is 35.7 Å². The van der Waals surface area contributed by atoms with Crippen molar-refractivity contribution >= 4 is 17.4 Å². The molecule has 58 valence electrons. The lowest BCUT2D eigenvalue weighted by Crippen LogP contribution is -1.80. The summed E-state index contributed by atoms with van der Waals surface area (Å²) in [7, 11) is 0. The zero-order chi connectivity index (χ0) is 8.39. The van der Waals surface area contributed by atoms with E-state index in [9.17, 15) is 4.79 Å². The van der Waals surface area contributed by atoms with Gasteiger partial charge in [-0.1, -0.05) is 0 Å². The Kier molecular flexibility index (Phi) is 1.47. The first-order valence-corrected chi connectivity index (χ1v) is 3.41. The Hall–Kier alpha value is -1.93. The van der Waals surface area contributed by atoms with Gasteiger partial charge in [0.05, 0.1) is 0 Å². The Balaban J connectivity index is 2.81. The Morgan fingerprint density at radius 2 is 2.42 bits per heavy atom. The Labute approximate surface area is 68.2 Å². The van der Waals surface area contributed by atoms with Gasteiger partial charge < -0.3 is 4.40 Å². The maximum Gasteiger partial charge on any atom is 0.240 e. The predicted molar refractivity (Wildman–Crippen MR) is 43.0 cm³/mol. The van der Waals surface area contributed by atoms with Crippen LogP contribution in [-0.2, 0) is 4.79 Å². The summed E-state index contributed by atoms with van der Waals surface area (Å²) in [4.78, 5) is 17.6. The number of imidazole rings is 1. The van der Waals surface area contributed by atoms with E-state index in [0.717, 1.165) is 0 Å². The molecule has 12 heavy (non-hydrogen) atoms. The summed E-state index contributed by atoms with van der Waals surface area (Å²) in [5, 5.41) is 0. The van der Waals surface area contributed by atoms with Crippen LogP contribution in [0.4, 0.5) is 5.69 Å². The lowest BCUT2D eigenvalue weighted by Gasteiger charge is -1.93. The first kappa shape index (κ1) is 6.76. The summed E-state index contributed by atoms with van der Waals surface area (Å²) < 4.78 is 1.79. The average Bonchev–Trinajstić information content (AvgIpc) is 2.53. The smallest absolute Gasteiger partial charge is 0.240 e. The van der Waals surface area contributed by atoms with Crippen LogP contribution in [0.2, 0.25) is 0 Å². The molecule has 0 atom stereocenters. The molecule has 4 heteroatoms. The highest BCUT2D eigenvalue weighted by atomic mass is 16.1. The van der Waals surface area contributed by atoms with Crippen LogP contribution in [0.3, 0.4) is 0 Å². The van der Waals surface area contributed by atoms with Crippen molar-refractivity contribution in [3.05, 3.63) is 30.7 Å². The minimum Gasteiger partial charge on any atom is -0.305 e. The predicted octanol–water partition coefficient (Wildman–Crippen LogP) is 1.30. The Bertz CT molecular complexity index is 454. The molecule has 0 aliphatic rings. The first-order chi connectivity index (χ1) is 5.92.